The van der Waals surface area contributed by atoms with Crippen LogP contribution in [0.4, 0.5) is 5.69 Å². The summed E-state index contributed by atoms with van der Waals surface area (Å²) >= 11 is 0. The third-order valence-corrected chi connectivity index (χ3v) is 2.56. The van der Waals surface area contributed by atoms with Crippen LogP contribution in [0.15, 0.2) is 24.3 Å². The molecule has 1 rings (SSSR count). The summed E-state index contributed by atoms with van der Waals surface area (Å²) in [6.45, 7) is 0. The van der Waals surface area contributed by atoms with Crippen LogP contribution in [0.5, 0.6) is 5.75 Å². The van der Waals surface area contributed by atoms with Gasteiger partial charge in [0.15, 0.2) is 5.50 Å². The van der Waals surface area contributed by atoms with Crippen molar-refractivity contribution < 1.29 is 13.2 Å². The largest absolute Gasteiger partial charge is 0.497 e. The lowest BCUT2D eigenvalue weighted by molar-refractivity contribution is 0.415. The summed E-state index contributed by atoms with van der Waals surface area (Å²) in [5.74, 6) is 0.599. The van der Waals surface area contributed by atoms with E-state index in [4.69, 9.17) is 15.6 Å². The van der Waals surface area contributed by atoms with Crippen LogP contribution in [0.2, 0.25) is 0 Å². The van der Waals surface area contributed by atoms with Gasteiger partial charge in [-0.05, 0) is 12.1 Å². The molecule has 0 aliphatic heterocycles. The predicted octanol–water partition coefficient (Wildman–Crippen LogP) is -0.362. The molecular formula is C8H13N3O3S. The summed E-state index contributed by atoms with van der Waals surface area (Å²) in [5, 5.41) is 7.39. The highest BCUT2D eigenvalue weighted by Gasteiger charge is 2.15. The van der Waals surface area contributed by atoms with Gasteiger partial charge in [0.1, 0.15) is 5.75 Å². The highest BCUT2D eigenvalue weighted by molar-refractivity contribution is 7.89. The molecule has 0 aliphatic rings. The first-order valence-corrected chi connectivity index (χ1v) is 5.72. The Bertz CT molecular complexity index is 433. The molecule has 1 aromatic carbocycles. The van der Waals surface area contributed by atoms with Crippen molar-refractivity contribution in [1.29, 1.82) is 0 Å². The van der Waals surface area contributed by atoms with Gasteiger partial charge in [-0.1, -0.05) is 6.07 Å². The second-order valence-electron chi connectivity index (χ2n) is 2.89. The molecule has 0 aromatic heterocycles. The highest BCUT2D eigenvalue weighted by Crippen LogP contribution is 2.17. The van der Waals surface area contributed by atoms with Gasteiger partial charge >= 0.3 is 0 Å². The maximum absolute atomic E-state index is 10.8. The Morgan fingerprint density at radius 1 is 1.47 bits per heavy atom. The Morgan fingerprint density at radius 2 is 2.13 bits per heavy atom. The number of sulfonamides is 1. The zero-order chi connectivity index (χ0) is 11.5. The molecule has 15 heavy (non-hydrogen) atoms. The number of benzene rings is 1. The first kappa shape index (κ1) is 11.8. The van der Waals surface area contributed by atoms with Crippen LogP contribution in [0.1, 0.15) is 0 Å². The van der Waals surface area contributed by atoms with Gasteiger partial charge in [-0.25, -0.2) is 13.6 Å². The molecule has 1 atom stereocenters. The number of ether oxygens (including phenoxy) is 1. The van der Waals surface area contributed by atoms with E-state index in [0.29, 0.717) is 11.4 Å². The molecule has 0 fully saturated rings. The fourth-order valence-corrected chi connectivity index (χ4v) is 1.26. The molecule has 0 radical (unpaired) electrons. The Kier molecular flexibility index (Phi) is 3.51. The van der Waals surface area contributed by atoms with Crippen molar-refractivity contribution in [1.82, 2.24) is 0 Å². The minimum atomic E-state index is -3.79. The molecule has 0 spiro atoms. The van der Waals surface area contributed by atoms with E-state index in [1.54, 1.807) is 24.3 Å². The van der Waals surface area contributed by atoms with Crippen molar-refractivity contribution >= 4 is 15.7 Å². The molecule has 84 valence electrons. The summed E-state index contributed by atoms with van der Waals surface area (Å²) < 4.78 is 26.7. The predicted molar refractivity (Wildman–Crippen MR) is 57.7 cm³/mol. The van der Waals surface area contributed by atoms with E-state index in [9.17, 15) is 8.42 Å². The molecule has 1 aromatic rings. The second kappa shape index (κ2) is 4.47. The molecule has 0 amide bonds. The van der Waals surface area contributed by atoms with E-state index in [1.165, 1.54) is 7.11 Å². The standard InChI is InChI=1S/C8H13N3O3S/c1-14-7-4-2-3-6(5-7)11-8(9)15(10,12)13/h2-5,8,11H,9H2,1H3,(H2,10,12,13). The highest BCUT2D eigenvalue weighted by atomic mass is 32.2. The van der Waals surface area contributed by atoms with E-state index >= 15 is 0 Å². The number of nitrogens with two attached hydrogens (primary N) is 2. The molecule has 0 bridgehead atoms. The van der Waals surface area contributed by atoms with Gasteiger partial charge in [0, 0.05) is 11.8 Å². The van der Waals surface area contributed by atoms with Gasteiger partial charge in [0.05, 0.1) is 7.11 Å². The third-order valence-electron chi connectivity index (χ3n) is 1.73. The SMILES string of the molecule is COc1cccc(NC(N)S(N)(=O)=O)c1. The number of hydrogen-bond donors (Lipinski definition) is 3. The van der Waals surface area contributed by atoms with Gasteiger partial charge in [-0.3, -0.25) is 5.73 Å². The summed E-state index contributed by atoms with van der Waals surface area (Å²) in [5.41, 5.74) is 4.50. The molecular weight excluding hydrogens is 218 g/mol. The van der Waals surface area contributed by atoms with Gasteiger partial charge < -0.3 is 10.1 Å². The zero-order valence-corrected chi connectivity index (χ0v) is 8.99. The van der Waals surface area contributed by atoms with Crippen LogP contribution < -0.4 is 20.9 Å². The molecule has 0 aliphatic carbocycles. The molecule has 5 N–H and O–H groups in total. The number of anilines is 1. The molecule has 0 saturated carbocycles. The minimum absolute atomic E-state index is 0.524. The van der Waals surface area contributed by atoms with Crippen LogP contribution in [0.3, 0.4) is 0 Å². The monoisotopic (exact) mass is 231 g/mol. The smallest absolute Gasteiger partial charge is 0.244 e. The Labute approximate surface area is 88.3 Å². The van der Waals surface area contributed by atoms with Gasteiger partial charge in [0.25, 0.3) is 0 Å². The Morgan fingerprint density at radius 3 is 2.67 bits per heavy atom. The van der Waals surface area contributed by atoms with E-state index in [2.05, 4.69) is 5.32 Å². The van der Waals surface area contributed by atoms with E-state index in [-0.39, 0.29) is 0 Å². The summed E-state index contributed by atoms with van der Waals surface area (Å²) in [6.07, 6.45) is 0. The quantitative estimate of drug-likeness (QED) is 0.613. The first-order chi connectivity index (χ1) is 6.93. The van der Waals surface area contributed by atoms with Crippen molar-refractivity contribution in [3.8, 4) is 5.75 Å². The lowest BCUT2D eigenvalue weighted by Crippen LogP contribution is -2.42. The summed E-state index contributed by atoms with van der Waals surface area (Å²) in [4.78, 5) is 0. The average Bonchev–Trinajstić information content (AvgIpc) is 2.16. The van der Waals surface area contributed by atoms with Crippen molar-refractivity contribution in [3.05, 3.63) is 24.3 Å². The van der Waals surface area contributed by atoms with E-state index < -0.39 is 15.5 Å². The van der Waals surface area contributed by atoms with Crippen LogP contribution in [-0.2, 0) is 10.0 Å². The fourth-order valence-electron chi connectivity index (χ4n) is 0.959. The van der Waals surface area contributed by atoms with Gasteiger partial charge in [-0.2, -0.15) is 0 Å². The maximum atomic E-state index is 10.8. The fraction of sp³-hybridized carbons (Fsp3) is 0.250. The van der Waals surface area contributed by atoms with Gasteiger partial charge in [0.2, 0.25) is 10.0 Å². The number of primary sulfonamides is 1. The van der Waals surface area contributed by atoms with Crippen LogP contribution in [0.25, 0.3) is 0 Å². The van der Waals surface area contributed by atoms with Crippen molar-refractivity contribution in [2.24, 2.45) is 10.9 Å². The second-order valence-corrected chi connectivity index (χ2v) is 4.57. The zero-order valence-electron chi connectivity index (χ0n) is 8.17. The first-order valence-electron chi connectivity index (χ1n) is 4.11. The van der Waals surface area contributed by atoms with Crippen molar-refractivity contribution in [2.75, 3.05) is 12.4 Å². The number of methoxy groups -OCH3 is 1. The maximum Gasteiger partial charge on any atom is 0.244 e. The lowest BCUT2D eigenvalue weighted by Gasteiger charge is -2.13. The van der Waals surface area contributed by atoms with Crippen LogP contribution in [-0.4, -0.2) is 21.0 Å². The number of rotatable bonds is 4. The van der Waals surface area contributed by atoms with Crippen molar-refractivity contribution in [2.45, 2.75) is 5.50 Å². The molecule has 0 heterocycles. The van der Waals surface area contributed by atoms with E-state index in [1.807, 2.05) is 0 Å². The molecule has 1 unspecified atom stereocenters. The third kappa shape index (κ3) is 3.39. The summed E-state index contributed by atoms with van der Waals surface area (Å²) in [6, 6.07) is 6.71. The average molecular weight is 231 g/mol. The molecule has 7 heteroatoms. The molecule has 0 saturated heterocycles. The molecule has 6 nitrogen and oxygen atoms in total. The van der Waals surface area contributed by atoms with Crippen LogP contribution >= 0.6 is 0 Å². The van der Waals surface area contributed by atoms with E-state index in [0.717, 1.165) is 0 Å². The Balaban J connectivity index is 2.81. The van der Waals surface area contributed by atoms with Crippen LogP contribution in [0, 0.1) is 0 Å². The summed E-state index contributed by atoms with van der Waals surface area (Å²) in [7, 11) is -2.28. The number of nitrogens with one attached hydrogen (secondary N) is 1. The van der Waals surface area contributed by atoms with Gasteiger partial charge in [-0.15, -0.1) is 0 Å². The lowest BCUT2D eigenvalue weighted by atomic mass is 10.3. The topological polar surface area (TPSA) is 107 Å². The Hall–Kier alpha value is -1.31. The minimum Gasteiger partial charge on any atom is -0.497 e. The van der Waals surface area contributed by atoms with Crippen molar-refractivity contribution in [3.63, 3.8) is 0 Å². The number of hydrogen-bond acceptors (Lipinski definition) is 5. The normalized spacial score (nSPS) is 13.3.